The van der Waals surface area contributed by atoms with Crippen LogP contribution < -0.4 is 0 Å². The van der Waals surface area contributed by atoms with Crippen LogP contribution in [0.2, 0.25) is 0 Å². The van der Waals surface area contributed by atoms with Crippen molar-refractivity contribution in [3.05, 3.63) is 98.2 Å². The summed E-state index contributed by atoms with van der Waals surface area (Å²) in [5.41, 5.74) is 0. The highest BCUT2D eigenvalue weighted by atomic mass is 13.7. The van der Waals surface area contributed by atoms with Crippen molar-refractivity contribution in [1.82, 2.24) is 0 Å². The molecule has 0 nitrogen and oxygen atoms in total. The lowest BCUT2D eigenvalue weighted by atomic mass is 10.4. The summed E-state index contributed by atoms with van der Waals surface area (Å²) < 4.78 is 0. The first-order valence-electron chi connectivity index (χ1n) is 5.97. The Morgan fingerprint density at radius 2 is 0.722 bits per heavy atom. The van der Waals surface area contributed by atoms with Gasteiger partial charge in [0.15, 0.2) is 0 Å². The summed E-state index contributed by atoms with van der Waals surface area (Å²) in [4.78, 5) is 0. The highest BCUT2D eigenvalue weighted by Gasteiger charge is 1.57. The average molecular weight is 240 g/mol. The Hall–Kier alpha value is -2.08. The zero-order valence-corrected chi connectivity index (χ0v) is 11.5. The molecule has 0 unspecified atom stereocenters. The fourth-order valence-electron chi connectivity index (χ4n) is 0.764. The Morgan fingerprint density at radius 3 is 1.00 bits per heavy atom. The van der Waals surface area contributed by atoms with Gasteiger partial charge in [-0.25, -0.2) is 0 Å². The lowest BCUT2D eigenvalue weighted by molar-refractivity contribution is 1.73. The summed E-state index contributed by atoms with van der Waals surface area (Å²) in [7, 11) is 0. The zero-order valence-electron chi connectivity index (χ0n) is 11.5. The molecule has 0 spiro atoms. The van der Waals surface area contributed by atoms with Gasteiger partial charge in [0.1, 0.15) is 0 Å². The molecule has 0 aliphatic carbocycles. The molecule has 0 aliphatic rings. The molecule has 0 atom stereocenters. The molecular weight excluding hydrogens is 216 g/mol. The van der Waals surface area contributed by atoms with Gasteiger partial charge in [-0.3, -0.25) is 0 Å². The van der Waals surface area contributed by atoms with E-state index >= 15 is 0 Å². The molecule has 0 heterocycles. The molecule has 0 rings (SSSR count). The van der Waals surface area contributed by atoms with Crippen molar-refractivity contribution in [3.8, 4) is 0 Å². The third-order valence-electron chi connectivity index (χ3n) is 1.55. The Kier molecular flexibility index (Phi) is 20.7. The molecule has 18 heavy (non-hydrogen) atoms. The van der Waals surface area contributed by atoms with E-state index in [9.17, 15) is 0 Å². The van der Waals surface area contributed by atoms with Gasteiger partial charge in [0.05, 0.1) is 0 Å². The predicted molar refractivity (Wildman–Crippen MR) is 86.6 cm³/mol. The van der Waals surface area contributed by atoms with Crippen LogP contribution in [0, 0.1) is 0 Å². The molecule has 0 aliphatic heterocycles. The molecule has 0 aromatic carbocycles. The molecule has 0 aromatic rings. The minimum Gasteiger partial charge on any atom is -0.0991 e. The molecule has 0 radical (unpaired) electrons. The molecule has 0 bridgehead atoms. The normalized spacial score (nSPS) is 12.1. The smallest absolute Gasteiger partial charge is 0.0467 e. The minimum absolute atomic E-state index is 1.75. The summed E-state index contributed by atoms with van der Waals surface area (Å²) in [5, 5.41) is 0. The van der Waals surface area contributed by atoms with Gasteiger partial charge in [-0.05, 0) is 13.8 Å². The highest BCUT2D eigenvalue weighted by molar-refractivity contribution is 5.14. The number of hydrogen-bond acceptors (Lipinski definition) is 0. The van der Waals surface area contributed by atoms with Crippen molar-refractivity contribution in [2.24, 2.45) is 0 Å². The van der Waals surface area contributed by atoms with E-state index in [-0.39, 0.29) is 0 Å². The summed E-state index contributed by atoms with van der Waals surface area (Å²) >= 11 is 0. The molecular formula is C18H24. The van der Waals surface area contributed by atoms with Gasteiger partial charge in [0.25, 0.3) is 0 Å². The Morgan fingerprint density at radius 1 is 0.444 bits per heavy atom. The third kappa shape index (κ3) is 23.6. The summed E-state index contributed by atoms with van der Waals surface area (Å²) in [5.74, 6) is 0. The van der Waals surface area contributed by atoms with Gasteiger partial charge in [-0.1, -0.05) is 98.2 Å². The van der Waals surface area contributed by atoms with E-state index in [1.54, 1.807) is 12.2 Å². The van der Waals surface area contributed by atoms with Crippen LogP contribution in [0.4, 0.5) is 0 Å². The van der Waals surface area contributed by atoms with Crippen LogP contribution in [-0.2, 0) is 0 Å². The Bertz CT molecular complexity index is 308. The molecule has 0 heteroatoms. The molecule has 0 N–H and O–H groups in total. The third-order valence-corrected chi connectivity index (χ3v) is 1.55. The lowest BCUT2D eigenvalue weighted by Gasteiger charge is -1.69. The highest BCUT2D eigenvalue weighted by Crippen LogP contribution is 1.79. The van der Waals surface area contributed by atoms with E-state index < -0.39 is 0 Å². The largest absolute Gasteiger partial charge is 0.0991 e. The van der Waals surface area contributed by atoms with E-state index in [1.165, 1.54) is 0 Å². The van der Waals surface area contributed by atoms with Gasteiger partial charge < -0.3 is 0 Å². The predicted octanol–water partition coefficient (Wildman–Crippen LogP) is 5.72. The van der Waals surface area contributed by atoms with E-state index in [2.05, 4.69) is 13.2 Å². The maximum atomic E-state index is 3.54. The molecule has 0 fully saturated rings. The minimum atomic E-state index is 1.75. The number of rotatable bonds is 6. The summed E-state index contributed by atoms with van der Waals surface area (Å²) in [6, 6.07) is 0. The standard InChI is InChI=1S/2C9H12/c2*1-3-5-7-9-8-6-4-2/h2*3-9H,1H2,2H3/b2*6-4+,7-5+,9-8+. The SMILES string of the molecule is C=C/C=C/C=C/C=C/C.C=C/C=C/C=C/C=C/C. The first kappa shape index (κ1) is 18.3. The Balaban J connectivity index is 0. The topological polar surface area (TPSA) is 0 Å². The van der Waals surface area contributed by atoms with E-state index in [1.807, 2.05) is 86.8 Å². The lowest BCUT2D eigenvalue weighted by Crippen LogP contribution is -1.47. The molecule has 0 saturated carbocycles. The van der Waals surface area contributed by atoms with Gasteiger partial charge >= 0.3 is 0 Å². The number of hydrogen-bond donors (Lipinski definition) is 0. The van der Waals surface area contributed by atoms with E-state index in [0.29, 0.717) is 0 Å². The second-order valence-corrected chi connectivity index (χ2v) is 3.06. The Labute approximate surface area is 112 Å². The van der Waals surface area contributed by atoms with Crippen molar-refractivity contribution in [2.75, 3.05) is 0 Å². The second kappa shape index (κ2) is 20.3. The van der Waals surface area contributed by atoms with Gasteiger partial charge in [0.2, 0.25) is 0 Å². The van der Waals surface area contributed by atoms with E-state index in [0.717, 1.165) is 0 Å². The van der Waals surface area contributed by atoms with Crippen LogP contribution in [0.5, 0.6) is 0 Å². The van der Waals surface area contributed by atoms with Crippen molar-refractivity contribution in [1.29, 1.82) is 0 Å². The fraction of sp³-hybridized carbons (Fsp3) is 0.111. The van der Waals surface area contributed by atoms with Crippen LogP contribution in [0.3, 0.4) is 0 Å². The molecule has 0 aromatic heterocycles. The maximum Gasteiger partial charge on any atom is -0.0467 e. The van der Waals surface area contributed by atoms with Gasteiger partial charge in [0, 0.05) is 0 Å². The molecule has 0 amide bonds. The molecule has 96 valence electrons. The first-order valence-corrected chi connectivity index (χ1v) is 5.97. The monoisotopic (exact) mass is 240 g/mol. The summed E-state index contributed by atoms with van der Waals surface area (Å²) in [6.07, 6.45) is 26.9. The quantitative estimate of drug-likeness (QED) is 0.521. The van der Waals surface area contributed by atoms with Crippen molar-refractivity contribution in [3.63, 3.8) is 0 Å². The van der Waals surface area contributed by atoms with Crippen LogP contribution in [-0.4, -0.2) is 0 Å². The fourth-order valence-corrected chi connectivity index (χ4v) is 0.764. The van der Waals surface area contributed by atoms with Gasteiger partial charge in [-0.15, -0.1) is 0 Å². The summed E-state index contributed by atoms with van der Waals surface area (Å²) in [6.45, 7) is 11.1. The maximum absolute atomic E-state index is 3.54. The van der Waals surface area contributed by atoms with Crippen LogP contribution in [0.1, 0.15) is 13.8 Å². The van der Waals surface area contributed by atoms with Crippen molar-refractivity contribution in [2.45, 2.75) is 13.8 Å². The van der Waals surface area contributed by atoms with Crippen LogP contribution in [0.25, 0.3) is 0 Å². The second-order valence-electron chi connectivity index (χ2n) is 3.06. The number of allylic oxidation sites excluding steroid dienone is 14. The van der Waals surface area contributed by atoms with Crippen LogP contribution >= 0.6 is 0 Å². The van der Waals surface area contributed by atoms with Gasteiger partial charge in [-0.2, -0.15) is 0 Å². The first-order chi connectivity index (χ1) is 8.83. The average Bonchev–Trinajstić information content (AvgIpc) is 2.39. The van der Waals surface area contributed by atoms with E-state index in [4.69, 9.17) is 0 Å². The molecule has 0 saturated heterocycles. The zero-order chi connectivity index (χ0) is 13.9. The van der Waals surface area contributed by atoms with Crippen molar-refractivity contribution < 1.29 is 0 Å². The van der Waals surface area contributed by atoms with Crippen LogP contribution in [0.15, 0.2) is 98.2 Å². The van der Waals surface area contributed by atoms with Crippen molar-refractivity contribution >= 4 is 0 Å².